The number of fused-ring (bicyclic) bond motifs is 3. The van der Waals surface area contributed by atoms with E-state index in [4.69, 9.17) is 4.42 Å². The fourth-order valence-corrected chi connectivity index (χ4v) is 4.05. The van der Waals surface area contributed by atoms with E-state index in [0.717, 1.165) is 41.3 Å². The molecule has 1 aromatic heterocycles. The molecule has 0 fully saturated rings. The molecule has 6 nitrogen and oxygen atoms in total. The number of hydrogen-bond acceptors (Lipinski definition) is 5. The summed E-state index contributed by atoms with van der Waals surface area (Å²) in [7, 11) is 0. The Morgan fingerprint density at radius 1 is 1.07 bits per heavy atom. The summed E-state index contributed by atoms with van der Waals surface area (Å²) in [4.78, 5) is 24.2. The zero-order chi connectivity index (χ0) is 20.4. The van der Waals surface area contributed by atoms with E-state index in [2.05, 4.69) is 5.32 Å². The molecule has 0 aliphatic heterocycles. The van der Waals surface area contributed by atoms with Crippen molar-refractivity contribution in [2.45, 2.75) is 44.7 Å². The second-order valence-corrected chi connectivity index (χ2v) is 7.46. The van der Waals surface area contributed by atoms with Crippen LogP contribution in [0.25, 0.3) is 11.0 Å². The molecule has 1 aliphatic rings. The minimum Gasteiger partial charge on any atom is -0.507 e. The first-order valence-corrected chi connectivity index (χ1v) is 9.84. The fraction of sp³-hybridized carbons (Fsp3) is 0.304. The molecule has 3 aromatic rings. The van der Waals surface area contributed by atoms with Gasteiger partial charge in [0.05, 0.1) is 5.56 Å². The molecule has 1 atom stereocenters. The van der Waals surface area contributed by atoms with Gasteiger partial charge in [-0.05, 0) is 55.4 Å². The lowest BCUT2D eigenvalue weighted by molar-refractivity contribution is -0.139. The molecule has 150 valence electrons. The summed E-state index contributed by atoms with van der Waals surface area (Å²) in [5, 5.41) is 23.8. The number of carboxylic acid groups (broad SMARTS) is 1. The number of carboxylic acids is 1. The molecular weight excluding hydrogens is 370 g/mol. The van der Waals surface area contributed by atoms with Crippen LogP contribution in [0, 0.1) is 0 Å². The Kier molecular flexibility index (Phi) is 5.36. The maximum Gasteiger partial charge on any atom is 0.339 e. The van der Waals surface area contributed by atoms with Gasteiger partial charge < -0.3 is 14.6 Å². The first kappa shape index (κ1) is 19.2. The lowest BCUT2D eigenvalue weighted by atomic mass is 9.90. The third kappa shape index (κ3) is 3.89. The Labute approximate surface area is 167 Å². The van der Waals surface area contributed by atoms with Crippen molar-refractivity contribution in [3.05, 3.63) is 75.1 Å². The number of aliphatic carboxylic acids is 1. The van der Waals surface area contributed by atoms with Crippen LogP contribution in [0.3, 0.4) is 0 Å². The normalized spacial score (nSPS) is 14.5. The maximum absolute atomic E-state index is 12.5. The molecule has 2 aromatic carbocycles. The van der Waals surface area contributed by atoms with Crippen LogP contribution in [0.4, 0.5) is 0 Å². The summed E-state index contributed by atoms with van der Waals surface area (Å²) in [6.45, 7) is 0.0781. The highest BCUT2D eigenvalue weighted by atomic mass is 16.4. The molecule has 0 bridgehead atoms. The summed E-state index contributed by atoms with van der Waals surface area (Å²) in [6.07, 6.45) is 3.80. The number of aromatic hydroxyl groups is 1. The Hall–Kier alpha value is -3.12. The van der Waals surface area contributed by atoms with E-state index in [-0.39, 0.29) is 17.9 Å². The van der Waals surface area contributed by atoms with E-state index < -0.39 is 12.0 Å². The monoisotopic (exact) mass is 393 g/mol. The van der Waals surface area contributed by atoms with Crippen molar-refractivity contribution in [3.8, 4) is 5.75 Å². The van der Waals surface area contributed by atoms with Gasteiger partial charge in [0.25, 0.3) is 0 Å². The lowest BCUT2D eigenvalue weighted by Crippen LogP contribution is -2.38. The minimum absolute atomic E-state index is 0.0206. The van der Waals surface area contributed by atoms with Gasteiger partial charge in [0.15, 0.2) is 0 Å². The van der Waals surface area contributed by atoms with Gasteiger partial charge in [-0.25, -0.2) is 4.79 Å². The molecule has 1 heterocycles. The van der Waals surface area contributed by atoms with E-state index in [0.29, 0.717) is 24.0 Å². The molecule has 1 unspecified atom stereocenters. The predicted octanol–water partition coefficient (Wildman–Crippen LogP) is 3.16. The van der Waals surface area contributed by atoms with Gasteiger partial charge in [-0.15, -0.1) is 0 Å². The van der Waals surface area contributed by atoms with Gasteiger partial charge in [0, 0.05) is 17.5 Å². The highest BCUT2D eigenvalue weighted by Gasteiger charge is 2.23. The number of benzene rings is 2. The van der Waals surface area contributed by atoms with E-state index in [1.165, 1.54) is 0 Å². The SMILES string of the molecule is O=C(O)C(Cc1ccccc1)NCc1c(O)ccc2c3c(c(=O)oc12)CCCC3. The van der Waals surface area contributed by atoms with Gasteiger partial charge in [-0.1, -0.05) is 30.3 Å². The van der Waals surface area contributed by atoms with E-state index >= 15 is 0 Å². The van der Waals surface area contributed by atoms with E-state index in [1.54, 1.807) is 12.1 Å². The molecule has 0 amide bonds. The van der Waals surface area contributed by atoms with Crippen LogP contribution in [0.5, 0.6) is 5.75 Å². The topological polar surface area (TPSA) is 99.8 Å². The lowest BCUT2D eigenvalue weighted by Gasteiger charge is -2.19. The molecule has 0 saturated heterocycles. The smallest absolute Gasteiger partial charge is 0.339 e. The average molecular weight is 393 g/mol. The second kappa shape index (κ2) is 8.09. The number of phenolic OH excluding ortho intramolecular Hbond substituents is 1. The summed E-state index contributed by atoms with van der Waals surface area (Å²) in [5.74, 6) is -1.000. The van der Waals surface area contributed by atoms with Gasteiger partial charge in [0.2, 0.25) is 0 Å². The van der Waals surface area contributed by atoms with Crippen LogP contribution < -0.4 is 10.9 Å². The molecule has 0 radical (unpaired) electrons. The van der Waals surface area contributed by atoms with E-state index in [1.807, 2.05) is 30.3 Å². The van der Waals surface area contributed by atoms with Crippen molar-refractivity contribution < 1.29 is 19.4 Å². The van der Waals surface area contributed by atoms with Crippen molar-refractivity contribution in [1.29, 1.82) is 0 Å². The summed E-state index contributed by atoms with van der Waals surface area (Å²) < 4.78 is 5.58. The molecule has 0 saturated carbocycles. The zero-order valence-electron chi connectivity index (χ0n) is 16.0. The maximum atomic E-state index is 12.5. The summed E-state index contributed by atoms with van der Waals surface area (Å²) in [5.41, 5.74) is 3.00. The highest BCUT2D eigenvalue weighted by Crippen LogP contribution is 2.32. The third-order valence-electron chi connectivity index (χ3n) is 5.58. The van der Waals surface area contributed by atoms with Crippen LogP contribution in [-0.2, 0) is 30.6 Å². The Bertz CT molecular complexity index is 1100. The number of aryl methyl sites for hydroxylation is 1. The average Bonchev–Trinajstić information content (AvgIpc) is 2.73. The molecule has 6 heteroatoms. The Morgan fingerprint density at radius 2 is 1.79 bits per heavy atom. The number of hydrogen-bond donors (Lipinski definition) is 3. The van der Waals surface area contributed by atoms with Crippen LogP contribution in [0.15, 0.2) is 51.7 Å². The summed E-state index contributed by atoms with van der Waals surface area (Å²) >= 11 is 0. The standard InChI is InChI=1S/C23H23NO5/c25-20-11-10-16-15-8-4-5-9-17(15)23(28)29-21(16)18(20)13-24-19(22(26)27)12-14-6-2-1-3-7-14/h1-3,6-7,10-11,19,24-25H,4-5,8-9,12-13H2,(H,26,27). The highest BCUT2D eigenvalue weighted by molar-refractivity contribution is 5.86. The fourth-order valence-electron chi connectivity index (χ4n) is 4.05. The third-order valence-corrected chi connectivity index (χ3v) is 5.58. The van der Waals surface area contributed by atoms with Crippen LogP contribution in [0.1, 0.15) is 35.1 Å². The van der Waals surface area contributed by atoms with Gasteiger partial charge in [-0.2, -0.15) is 0 Å². The van der Waals surface area contributed by atoms with Crippen LogP contribution >= 0.6 is 0 Å². The van der Waals surface area contributed by atoms with Crippen molar-refractivity contribution in [2.75, 3.05) is 0 Å². The van der Waals surface area contributed by atoms with Crippen molar-refractivity contribution >= 4 is 16.9 Å². The van der Waals surface area contributed by atoms with Crippen molar-refractivity contribution in [3.63, 3.8) is 0 Å². The molecule has 1 aliphatic carbocycles. The Morgan fingerprint density at radius 3 is 2.52 bits per heavy atom. The van der Waals surface area contributed by atoms with E-state index in [9.17, 15) is 19.8 Å². The summed E-state index contributed by atoms with van der Waals surface area (Å²) in [6, 6.07) is 11.9. The first-order chi connectivity index (χ1) is 14.0. The molecule has 3 N–H and O–H groups in total. The number of rotatable bonds is 6. The van der Waals surface area contributed by atoms with Gasteiger partial charge in [0.1, 0.15) is 17.4 Å². The van der Waals surface area contributed by atoms with Crippen LogP contribution in [-0.4, -0.2) is 22.2 Å². The molecule has 4 rings (SSSR count). The Balaban J connectivity index is 1.66. The van der Waals surface area contributed by atoms with Gasteiger partial charge >= 0.3 is 11.6 Å². The van der Waals surface area contributed by atoms with Crippen molar-refractivity contribution in [2.24, 2.45) is 0 Å². The quantitative estimate of drug-likeness (QED) is 0.556. The number of phenols is 1. The minimum atomic E-state index is -0.979. The zero-order valence-corrected chi connectivity index (χ0v) is 16.0. The molecular formula is C23H23NO5. The second-order valence-electron chi connectivity index (χ2n) is 7.46. The molecule has 0 spiro atoms. The first-order valence-electron chi connectivity index (χ1n) is 9.84. The van der Waals surface area contributed by atoms with Crippen LogP contribution in [0.2, 0.25) is 0 Å². The van der Waals surface area contributed by atoms with Crippen molar-refractivity contribution in [1.82, 2.24) is 5.32 Å². The molecule has 29 heavy (non-hydrogen) atoms. The number of carbonyl (C=O) groups is 1. The largest absolute Gasteiger partial charge is 0.507 e. The number of nitrogens with one attached hydrogen (secondary N) is 1. The van der Waals surface area contributed by atoms with Gasteiger partial charge in [-0.3, -0.25) is 10.1 Å². The predicted molar refractivity (Wildman–Crippen MR) is 109 cm³/mol.